The molecule has 4 N–H and O–H groups in total. The highest BCUT2D eigenvalue weighted by Crippen LogP contribution is 2.39. The monoisotopic (exact) mass is 250 g/mol. The number of rotatable bonds is 4. The number of hydrogen-bond donors (Lipinski definition) is 2. The smallest absolute Gasteiger partial charge is 0.330 e. The molecule has 1 aromatic carbocycles. The summed E-state index contributed by atoms with van der Waals surface area (Å²) in [5, 5.41) is 0. The van der Waals surface area contributed by atoms with Crippen molar-refractivity contribution in [1.29, 1.82) is 0 Å². The second kappa shape index (κ2) is 5.56. The van der Waals surface area contributed by atoms with Gasteiger partial charge in [0.25, 0.3) is 0 Å². The summed E-state index contributed by atoms with van der Waals surface area (Å²) in [6.07, 6.45) is 0.468. The topological polar surface area (TPSA) is 52.0 Å². The van der Waals surface area contributed by atoms with E-state index in [0.717, 1.165) is 0 Å². The first-order valence-corrected chi connectivity index (χ1v) is 5.56. The molecular weight excluding hydrogens is 237 g/mol. The van der Waals surface area contributed by atoms with Gasteiger partial charge < -0.3 is 11.5 Å². The molecule has 0 amide bonds. The van der Waals surface area contributed by atoms with Crippen LogP contribution < -0.4 is 11.5 Å². The van der Waals surface area contributed by atoms with Gasteiger partial charge in [0.05, 0.1) is 0 Å². The van der Waals surface area contributed by atoms with Gasteiger partial charge in [-0.2, -0.15) is 13.2 Å². The largest absolute Gasteiger partial charge is 0.446 e. The Hall–Kier alpha value is -0.720. The Morgan fingerprint density at radius 2 is 1.88 bits per heavy atom. The molecule has 0 spiro atoms. The first kappa shape index (κ1) is 13.3. The van der Waals surface area contributed by atoms with E-state index in [1.54, 1.807) is 18.2 Å². The predicted molar refractivity (Wildman–Crippen MR) is 59.0 cm³/mol. The van der Waals surface area contributed by atoms with Crippen molar-refractivity contribution in [3.05, 3.63) is 29.8 Å². The summed E-state index contributed by atoms with van der Waals surface area (Å²) in [6.45, 7) is 0.353. The predicted octanol–water partition coefficient (Wildman–Crippen LogP) is 2.65. The van der Waals surface area contributed by atoms with E-state index < -0.39 is 11.6 Å². The lowest BCUT2D eigenvalue weighted by molar-refractivity contribution is -0.0328. The lowest BCUT2D eigenvalue weighted by Gasteiger charge is -2.16. The summed E-state index contributed by atoms with van der Waals surface area (Å²) in [5.41, 5.74) is 7.30. The summed E-state index contributed by atoms with van der Waals surface area (Å²) in [7, 11) is 0. The molecule has 1 aromatic rings. The molecule has 6 heteroatoms. The summed E-state index contributed by atoms with van der Waals surface area (Å²) in [4.78, 5) is 0.149. The molecule has 0 aliphatic carbocycles. The summed E-state index contributed by atoms with van der Waals surface area (Å²) in [5.74, 6) is 0. The van der Waals surface area contributed by atoms with E-state index in [0.29, 0.717) is 18.5 Å². The van der Waals surface area contributed by atoms with E-state index in [2.05, 4.69) is 0 Å². The number of thioether (sulfide) groups is 1. The van der Waals surface area contributed by atoms with Gasteiger partial charge in [-0.1, -0.05) is 18.2 Å². The van der Waals surface area contributed by atoms with Crippen molar-refractivity contribution in [1.82, 2.24) is 0 Å². The Labute approximate surface area is 96.2 Å². The second-order valence-corrected chi connectivity index (χ2v) is 4.38. The van der Waals surface area contributed by atoms with Crippen LogP contribution in [-0.4, -0.2) is 12.1 Å². The van der Waals surface area contributed by atoms with E-state index in [9.17, 15) is 13.2 Å². The Kier molecular flexibility index (Phi) is 4.64. The molecule has 0 heterocycles. The Morgan fingerprint density at radius 3 is 2.44 bits per heavy atom. The first-order chi connectivity index (χ1) is 7.44. The molecule has 1 atom stereocenters. The van der Waals surface area contributed by atoms with Crippen LogP contribution in [0.5, 0.6) is 0 Å². The van der Waals surface area contributed by atoms with Crippen molar-refractivity contribution in [3.63, 3.8) is 0 Å². The number of nitrogens with two attached hydrogens (primary N) is 2. The minimum absolute atomic E-state index is 0.139. The molecule has 0 fully saturated rings. The SMILES string of the molecule is NCC[C@H](N)c1ccccc1SC(F)(F)F. The summed E-state index contributed by atoms with van der Waals surface area (Å²) >= 11 is -0.139. The average Bonchev–Trinajstić information content (AvgIpc) is 2.16. The fraction of sp³-hybridized carbons (Fsp3) is 0.400. The van der Waals surface area contributed by atoms with Gasteiger partial charge in [-0.15, -0.1) is 0 Å². The zero-order valence-electron chi connectivity index (χ0n) is 8.50. The third-order valence-electron chi connectivity index (χ3n) is 2.02. The van der Waals surface area contributed by atoms with Gasteiger partial charge in [0, 0.05) is 10.9 Å². The maximum absolute atomic E-state index is 12.3. The average molecular weight is 250 g/mol. The lowest BCUT2D eigenvalue weighted by atomic mass is 10.1. The number of halogens is 3. The van der Waals surface area contributed by atoms with Crippen LogP contribution in [0.2, 0.25) is 0 Å². The van der Waals surface area contributed by atoms with Gasteiger partial charge >= 0.3 is 5.51 Å². The minimum atomic E-state index is -4.29. The van der Waals surface area contributed by atoms with Gasteiger partial charge in [0.2, 0.25) is 0 Å². The van der Waals surface area contributed by atoms with Crippen LogP contribution in [0.25, 0.3) is 0 Å². The maximum Gasteiger partial charge on any atom is 0.446 e. The molecule has 0 unspecified atom stereocenters. The number of benzene rings is 1. The van der Waals surface area contributed by atoms with Crippen LogP contribution in [0.1, 0.15) is 18.0 Å². The van der Waals surface area contributed by atoms with Gasteiger partial charge in [0.15, 0.2) is 0 Å². The van der Waals surface area contributed by atoms with Gasteiger partial charge in [0.1, 0.15) is 0 Å². The summed E-state index contributed by atoms with van der Waals surface area (Å²) in [6, 6.07) is 5.81. The Bertz CT molecular complexity index is 341. The maximum atomic E-state index is 12.3. The molecule has 0 bridgehead atoms. The Balaban J connectivity index is 2.91. The molecule has 90 valence electrons. The molecule has 0 radical (unpaired) electrons. The quantitative estimate of drug-likeness (QED) is 0.808. The Morgan fingerprint density at radius 1 is 1.25 bits per heavy atom. The highest BCUT2D eigenvalue weighted by Gasteiger charge is 2.30. The minimum Gasteiger partial charge on any atom is -0.330 e. The van der Waals surface area contributed by atoms with Gasteiger partial charge in [-0.05, 0) is 36.4 Å². The molecule has 16 heavy (non-hydrogen) atoms. The highest BCUT2D eigenvalue weighted by atomic mass is 32.2. The van der Waals surface area contributed by atoms with Crippen molar-refractivity contribution in [2.24, 2.45) is 11.5 Å². The molecule has 0 aromatic heterocycles. The number of alkyl halides is 3. The van der Waals surface area contributed by atoms with Crippen molar-refractivity contribution in [2.45, 2.75) is 22.9 Å². The lowest BCUT2D eigenvalue weighted by Crippen LogP contribution is -2.16. The molecular formula is C10H13F3N2S. The molecule has 1 rings (SSSR count). The van der Waals surface area contributed by atoms with E-state index in [-0.39, 0.29) is 16.7 Å². The zero-order valence-corrected chi connectivity index (χ0v) is 9.31. The van der Waals surface area contributed by atoms with Crippen molar-refractivity contribution in [3.8, 4) is 0 Å². The van der Waals surface area contributed by atoms with Crippen LogP contribution >= 0.6 is 11.8 Å². The third-order valence-corrected chi connectivity index (χ3v) is 2.84. The summed E-state index contributed by atoms with van der Waals surface area (Å²) < 4.78 is 36.8. The van der Waals surface area contributed by atoms with Crippen LogP contribution in [0.4, 0.5) is 13.2 Å². The fourth-order valence-corrected chi connectivity index (χ4v) is 2.07. The second-order valence-electron chi connectivity index (χ2n) is 3.27. The van der Waals surface area contributed by atoms with Crippen LogP contribution in [0.15, 0.2) is 29.2 Å². The standard InChI is InChI=1S/C10H13F3N2S/c11-10(12,13)16-9-4-2-1-3-7(9)8(15)5-6-14/h1-4,8H,5-6,14-15H2/t8-/m0/s1. The van der Waals surface area contributed by atoms with Crippen molar-refractivity contribution >= 4 is 11.8 Å². The highest BCUT2D eigenvalue weighted by molar-refractivity contribution is 8.00. The normalized spacial score (nSPS) is 13.8. The van der Waals surface area contributed by atoms with E-state index in [1.165, 1.54) is 6.07 Å². The number of hydrogen-bond acceptors (Lipinski definition) is 3. The molecule has 2 nitrogen and oxygen atoms in total. The van der Waals surface area contributed by atoms with E-state index >= 15 is 0 Å². The molecule has 0 aliphatic heterocycles. The van der Waals surface area contributed by atoms with E-state index in [4.69, 9.17) is 11.5 Å². The van der Waals surface area contributed by atoms with E-state index in [1.807, 2.05) is 0 Å². The molecule has 0 aliphatic rings. The van der Waals surface area contributed by atoms with Gasteiger partial charge in [-0.3, -0.25) is 0 Å². The van der Waals surface area contributed by atoms with Crippen LogP contribution in [0, 0.1) is 0 Å². The zero-order chi connectivity index (χ0) is 12.2. The molecule has 0 saturated carbocycles. The fourth-order valence-electron chi connectivity index (χ4n) is 1.34. The first-order valence-electron chi connectivity index (χ1n) is 4.74. The van der Waals surface area contributed by atoms with Gasteiger partial charge in [-0.25, -0.2) is 0 Å². The third kappa shape index (κ3) is 4.03. The van der Waals surface area contributed by atoms with Crippen molar-refractivity contribution < 1.29 is 13.2 Å². The van der Waals surface area contributed by atoms with Crippen LogP contribution in [0.3, 0.4) is 0 Å². The molecule has 0 saturated heterocycles. The van der Waals surface area contributed by atoms with Crippen LogP contribution in [-0.2, 0) is 0 Å². The van der Waals surface area contributed by atoms with Crippen molar-refractivity contribution in [2.75, 3.05) is 6.54 Å².